The number of benzene rings is 3. The first-order chi connectivity index (χ1) is 14.9. The number of aryl methyl sites for hydroxylation is 1. The third-order valence-electron chi connectivity index (χ3n) is 6.37. The molecule has 1 aliphatic rings. The lowest BCUT2D eigenvalue weighted by Gasteiger charge is -2.24. The molecule has 0 atom stereocenters. The molecule has 31 heavy (non-hydrogen) atoms. The van der Waals surface area contributed by atoms with Crippen LogP contribution in [0, 0.1) is 0 Å². The first-order valence-electron chi connectivity index (χ1n) is 11.1. The fourth-order valence-corrected chi connectivity index (χ4v) is 7.27. The Labute approximate surface area is 186 Å². The van der Waals surface area contributed by atoms with Crippen molar-refractivity contribution in [1.82, 2.24) is 4.57 Å². The molecule has 5 rings (SSSR count). The standard InChI is InChI=1S/C29H29NSi/c1-30-20-26(23-17-11-12-18-27(23)30)28-24(21-13-7-5-8-14-21)19-25(29(28)31(2,3)4)22-15-9-6-10-16-22/h5-18,20H,19H2,1-4H3. The Morgan fingerprint density at radius 1 is 0.677 bits per heavy atom. The third kappa shape index (κ3) is 3.41. The molecule has 0 spiro atoms. The van der Waals surface area contributed by atoms with Gasteiger partial charge in [-0.15, -0.1) is 0 Å². The van der Waals surface area contributed by atoms with Gasteiger partial charge in [-0.1, -0.05) is 98.5 Å². The predicted octanol–water partition coefficient (Wildman–Crippen LogP) is 7.82. The maximum atomic E-state index is 2.49. The van der Waals surface area contributed by atoms with E-state index in [9.17, 15) is 0 Å². The number of fused-ring (bicyclic) bond motifs is 1. The molecule has 4 aromatic rings. The van der Waals surface area contributed by atoms with E-state index < -0.39 is 8.07 Å². The first kappa shape index (κ1) is 19.8. The van der Waals surface area contributed by atoms with Crippen LogP contribution in [-0.4, -0.2) is 12.6 Å². The smallest absolute Gasteiger partial charge is 0.0788 e. The number of nitrogens with zero attached hydrogens (tertiary/aromatic N) is 1. The summed E-state index contributed by atoms with van der Waals surface area (Å²) in [6.07, 6.45) is 3.34. The lowest BCUT2D eigenvalue weighted by molar-refractivity contribution is 0.967. The lowest BCUT2D eigenvalue weighted by Crippen LogP contribution is -2.25. The average Bonchev–Trinajstić information content (AvgIpc) is 3.34. The molecular formula is C29H29NSi. The summed E-state index contributed by atoms with van der Waals surface area (Å²) in [5.74, 6) is 0. The first-order valence-corrected chi connectivity index (χ1v) is 14.6. The SMILES string of the molecule is Cn1cc(C2=C(c3ccccc3)CC(c3ccccc3)=C2[Si](C)(C)C)c2ccccc21. The molecule has 0 amide bonds. The molecular weight excluding hydrogens is 390 g/mol. The van der Waals surface area contributed by atoms with E-state index in [0.29, 0.717) is 0 Å². The van der Waals surface area contributed by atoms with Gasteiger partial charge in [0.2, 0.25) is 0 Å². The van der Waals surface area contributed by atoms with Gasteiger partial charge in [0.1, 0.15) is 0 Å². The minimum absolute atomic E-state index is 0.992. The summed E-state index contributed by atoms with van der Waals surface area (Å²) < 4.78 is 2.28. The highest BCUT2D eigenvalue weighted by Crippen LogP contribution is 2.51. The normalized spacial score (nSPS) is 14.7. The molecule has 1 nitrogen and oxygen atoms in total. The molecule has 0 radical (unpaired) electrons. The fraction of sp³-hybridized carbons (Fsp3) is 0.172. The van der Waals surface area contributed by atoms with Crippen LogP contribution in [0.25, 0.3) is 27.6 Å². The van der Waals surface area contributed by atoms with E-state index in [-0.39, 0.29) is 0 Å². The maximum Gasteiger partial charge on any atom is 0.0788 e. The molecule has 3 aromatic carbocycles. The van der Waals surface area contributed by atoms with E-state index in [1.54, 1.807) is 5.20 Å². The van der Waals surface area contributed by atoms with Crippen molar-refractivity contribution in [2.24, 2.45) is 7.05 Å². The van der Waals surface area contributed by atoms with Crippen LogP contribution in [0.3, 0.4) is 0 Å². The molecule has 0 aliphatic heterocycles. The van der Waals surface area contributed by atoms with E-state index in [2.05, 4.69) is 122 Å². The quantitative estimate of drug-likeness (QED) is 0.297. The van der Waals surface area contributed by atoms with E-state index in [0.717, 1.165) is 6.42 Å². The summed E-state index contributed by atoms with van der Waals surface area (Å²) in [5.41, 5.74) is 9.83. The summed E-state index contributed by atoms with van der Waals surface area (Å²) in [4.78, 5) is 0. The number of aromatic nitrogens is 1. The van der Waals surface area contributed by atoms with Crippen LogP contribution < -0.4 is 0 Å². The zero-order chi connectivity index (χ0) is 21.6. The van der Waals surface area contributed by atoms with Crippen LogP contribution in [0.15, 0.2) is 96.3 Å². The van der Waals surface area contributed by atoms with E-state index >= 15 is 0 Å². The van der Waals surface area contributed by atoms with Crippen molar-refractivity contribution in [2.75, 3.05) is 0 Å². The minimum Gasteiger partial charge on any atom is -0.350 e. The second-order valence-electron chi connectivity index (χ2n) is 9.54. The summed E-state index contributed by atoms with van der Waals surface area (Å²) in [7, 11) is 0.510. The molecule has 0 saturated carbocycles. The van der Waals surface area contributed by atoms with Crippen molar-refractivity contribution >= 4 is 35.7 Å². The van der Waals surface area contributed by atoms with Gasteiger partial charge in [-0.3, -0.25) is 0 Å². The highest BCUT2D eigenvalue weighted by Gasteiger charge is 2.35. The molecule has 0 saturated heterocycles. The predicted molar refractivity (Wildman–Crippen MR) is 137 cm³/mol. The van der Waals surface area contributed by atoms with Gasteiger partial charge < -0.3 is 4.57 Å². The van der Waals surface area contributed by atoms with Crippen LogP contribution in [0.4, 0.5) is 0 Å². The summed E-state index contributed by atoms with van der Waals surface area (Å²) in [6, 6.07) is 30.8. The van der Waals surface area contributed by atoms with Gasteiger partial charge in [0, 0.05) is 29.7 Å². The topological polar surface area (TPSA) is 4.93 Å². The van der Waals surface area contributed by atoms with Gasteiger partial charge in [-0.05, 0) is 45.5 Å². The molecule has 1 aromatic heterocycles. The van der Waals surface area contributed by atoms with Gasteiger partial charge in [-0.2, -0.15) is 0 Å². The van der Waals surface area contributed by atoms with E-state index in [4.69, 9.17) is 0 Å². The van der Waals surface area contributed by atoms with Crippen LogP contribution >= 0.6 is 0 Å². The molecule has 154 valence electrons. The number of rotatable bonds is 4. The molecule has 0 unspecified atom stereocenters. The molecule has 1 heterocycles. The highest BCUT2D eigenvalue weighted by molar-refractivity contribution is 6.87. The second kappa shape index (κ2) is 7.54. The largest absolute Gasteiger partial charge is 0.350 e. The summed E-state index contributed by atoms with van der Waals surface area (Å²) in [5, 5.41) is 2.95. The van der Waals surface area contributed by atoms with Crippen molar-refractivity contribution in [2.45, 2.75) is 26.1 Å². The average molecular weight is 420 g/mol. The van der Waals surface area contributed by atoms with E-state index in [1.807, 2.05) is 0 Å². The Morgan fingerprint density at radius 3 is 1.84 bits per heavy atom. The molecule has 2 heteroatoms. The van der Waals surface area contributed by atoms with Crippen LogP contribution in [0.2, 0.25) is 19.6 Å². The highest BCUT2D eigenvalue weighted by atomic mass is 28.3. The van der Waals surface area contributed by atoms with Gasteiger partial charge in [-0.25, -0.2) is 0 Å². The number of para-hydroxylation sites is 1. The maximum absolute atomic E-state index is 2.49. The lowest BCUT2D eigenvalue weighted by atomic mass is 9.95. The zero-order valence-electron chi connectivity index (χ0n) is 18.8. The van der Waals surface area contributed by atoms with Crippen LogP contribution in [0.5, 0.6) is 0 Å². The number of allylic oxidation sites excluding steroid dienone is 4. The molecule has 0 bridgehead atoms. The number of hydrogen-bond donors (Lipinski definition) is 0. The Hall–Kier alpha value is -3.10. The molecule has 0 N–H and O–H groups in total. The van der Waals surface area contributed by atoms with Crippen molar-refractivity contribution in [1.29, 1.82) is 0 Å². The van der Waals surface area contributed by atoms with Crippen LogP contribution in [0.1, 0.15) is 23.1 Å². The summed E-state index contributed by atoms with van der Waals surface area (Å²) >= 11 is 0. The fourth-order valence-electron chi connectivity index (χ4n) is 5.09. The molecule has 0 fully saturated rings. The minimum atomic E-state index is -1.66. The Bertz CT molecular complexity index is 1320. The Balaban J connectivity index is 1.86. The third-order valence-corrected chi connectivity index (χ3v) is 8.42. The zero-order valence-corrected chi connectivity index (χ0v) is 19.8. The van der Waals surface area contributed by atoms with Gasteiger partial charge >= 0.3 is 0 Å². The van der Waals surface area contributed by atoms with Gasteiger partial charge in [0.25, 0.3) is 0 Å². The number of hydrogen-bond acceptors (Lipinski definition) is 0. The monoisotopic (exact) mass is 419 g/mol. The van der Waals surface area contributed by atoms with Crippen LogP contribution in [-0.2, 0) is 7.05 Å². The van der Waals surface area contributed by atoms with Crippen molar-refractivity contribution in [3.63, 3.8) is 0 Å². The Morgan fingerprint density at radius 2 is 1.23 bits per heavy atom. The second-order valence-corrected chi connectivity index (χ2v) is 14.5. The van der Waals surface area contributed by atoms with Gasteiger partial charge in [0.05, 0.1) is 8.07 Å². The summed E-state index contributed by atoms with van der Waals surface area (Å²) in [6.45, 7) is 7.47. The van der Waals surface area contributed by atoms with Gasteiger partial charge in [0.15, 0.2) is 0 Å². The molecule has 1 aliphatic carbocycles. The Kier molecular flexibility index (Phi) is 4.83. The van der Waals surface area contributed by atoms with Crippen molar-refractivity contribution < 1.29 is 0 Å². The van der Waals surface area contributed by atoms with Crippen molar-refractivity contribution in [3.05, 3.63) is 113 Å². The van der Waals surface area contributed by atoms with Crippen molar-refractivity contribution in [3.8, 4) is 0 Å². The van der Waals surface area contributed by atoms with E-state index in [1.165, 1.54) is 44.3 Å².